The Hall–Kier alpha value is -2.04. The summed E-state index contributed by atoms with van der Waals surface area (Å²) in [7, 11) is 1.54. The number of hydrogen-bond acceptors (Lipinski definition) is 2. The van der Waals surface area contributed by atoms with Crippen LogP contribution in [0.1, 0.15) is 20.7 Å². The van der Waals surface area contributed by atoms with Crippen molar-refractivity contribution in [2.45, 2.75) is 0 Å². The Balaban J connectivity index is 2.24. The zero-order valence-corrected chi connectivity index (χ0v) is 12.6. The third-order valence-corrected chi connectivity index (χ3v) is 3.62. The minimum atomic E-state index is -0.392. The van der Waals surface area contributed by atoms with E-state index in [9.17, 15) is 9.59 Å². The van der Waals surface area contributed by atoms with E-state index in [0.29, 0.717) is 16.3 Å². The first kappa shape index (κ1) is 15.4. The molecule has 0 spiro atoms. The minimum Gasteiger partial charge on any atom is -0.355 e. The quantitative estimate of drug-likeness (QED) is 0.907. The zero-order chi connectivity index (χ0) is 15.4. The molecule has 0 aromatic heterocycles. The van der Waals surface area contributed by atoms with Crippen molar-refractivity contribution in [1.82, 2.24) is 5.32 Å². The van der Waals surface area contributed by atoms with Gasteiger partial charge in [0.25, 0.3) is 11.8 Å². The topological polar surface area (TPSA) is 58.2 Å². The highest BCUT2D eigenvalue weighted by atomic mass is 35.5. The minimum absolute atomic E-state index is 0.194. The molecule has 0 radical (unpaired) electrons. The second-order valence-corrected chi connectivity index (χ2v) is 5.00. The van der Waals surface area contributed by atoms with E-state index >= 15 is 0 Å². The van der Waals surface area contributed by atoms with Gasteiger partial charge in [-0.05, 0) is 30.3 Å². The molecule has 21 heavy (non-hydrogen) atoms. The van der Waals surface area contributed by atoms with Crippen LogP contribution in [-0.4, -0.2) is 18.9 Å². The molecule has 2 rings (SSSR count). The molecule has 0 fully saturated rings. The highest BCUT2D eigenvalue weighted by Crippen LogP contribution is 2.26. The molecule has 4 nitrogen and oxygen atoms in total. The molecule has 0 aliphatic carbocycles. The number of halogens is 2. The molecular formula is C15H12Cl2N2O2. The summed E-state index contributed by atoms with van der Waals surface area (Å²) in [4.78, 5) is 23.7. The van der Waals surface area contributed by atoms with Crippen LogP contribution in [-0.2, 0) is 0 Å². The number of hydrogen-bond donors (Lipinski definition) is 2. The number of carbonyl (C=O) groups is 2. The van der Waals surface area contributed by atoms with E-state index in [-0.39, 0.29) is 16.5 Å². The SMILES string of the molecule is CNC(=O)c1cccc(NC(=O)c2cccc(Cl)c2Cl)c1. The lowest BCUT2D eigenvalue weighted by Crippen LogP contribution is -2.18. The lowest BCUT2D eigenvalue weighted by Gasteiger charge is -2.08. The molecule has 2 N–H and O–H groups in total. The van der Waals surface area contributed by atoms with Gasteiger partial charge in [-0.2, -0.15) is 0 Å². The van der Waals surface area contributed by atoms with E-state index in [1.165, 1.54) is 0 Å². The Morgan fingerprint density at radius 1 is 1.00 bits per heavy atom. The van der Waals surface area contributed by atoms with E-state index in [4.69, 9.17) is 23.2 Å². The number of rotatable bonds is 3. The van der Waals surface area contributed by atoms with Crippen LogP contribution >= 0.6 is 23.2 Å². The van der Waals surface area contributed by atoms with Gasteiger partial charge >= 0.3 is 0 Å². The van der Waals surface area contributed by atoms with Crippen LogP contribution in [0.4, 0.5) is 5.69 Å². The summed E-state index contributed by atoms with van der Waals surface area (Å²) in [6.45, 7) is 0. The summed E-state index contributed by atoms with van der Waals surface area (Å²) >= 11 is 11.9. The Labute approximate surface area is 132 Å². The molecule has 0 heterocycles. The van der Waals surface area contributed by atoms with E-state index in [0.717, 1.165) is 0 Å². The summed E-state index contributed by atoms with van der Waals surface area (Å²) in [5, 5.41) is 5.71. The molecule has 2 amide bonds. The first-order valence-electron chi connectivity index (χ1n) is 6.10. The second-order valence-electron chi connectivity index (χ2n) is 4.22. The maximum absolute atomic E-state index is 12.2. The second kappa shape index (κ2) is 6.61. The van der Waals surface area contributed by atoms with Crippen molar-refractivity contribution in [2.75, 3.05) is 12.4 Å². The van der Waals surface area contributed by atoms with Crippen molar-refractivity contribution in [3.05, 3.63) is 63.6 Å². The van der Waals surface area contributed by atoms with Crippen molar-refractivity contribution >= 4 is 40.7 Å². The van der Waals surface area contributed by atoms with Crippen molar-refractivity contribution in [1.29, 1.82) is 0 Å². The molecule has 2 aromatic carbocycles. The van der Waals surface area contributed by atoms with Crippen LogP contribution in [0.2, 0.25) is 10.0 Å². The third kappa shape index (κ3) is 3.54. The fraction of sp³-hybridized carbons (Fsp3) is 0.0667. The van der Waals surface area contributed by atoms with Crippen molar-refractivity contribution in [3.8, 4) is 0 Å². The average Bonchev–Trinajstić information content (AvgIpc) is 2.49. The van der Waals surface area contributed by atoms with Gasteiger partial charge in [0.1, 0.15) is 0 Å². The van der Waals surface area contributed by atoms with Gasteiger partial charge < -0.3 is 10.6 Å². The van der Waals surface area contributed by atoms with Crippen LogP contribution < -0.4 is 10.6 Å². The summed E-state index contributed by atoms with van der Waals surface area (Å²) in [6, 6.07) is 11.4. The van der Waals surface area contributed by atoms with Gasteiger partial charge in [-0.1, -0.05) is 35.3 Å². The summed E-state index contributed by atoms with van der Waals surface area (Å²) in [5.41, 5.74) is 1.22. The normalized spacial score (nSPS) is 10.0. The maximum Gasteiger partial charge on any atom is 0.257 e. The number of anilines is 1. The largest absolute Gasteiger partial charge is 0.355 e. The monoisotopic (exact) mass is 322 g/mol. The summed E-state index contributed by atoms with van der Waals surface area (Å²) < 4.78 is 0. The first-order chi connectivity index (χ1) is 10.0. The Morgan fingerprint density at radius 3 is 2.43 bits per heavy atom. The van der Waals surface area contributed by atoms with E-state index in [2.05, 4.69) is 10.6 Å². The van der Waals surface area contributed by atoms with Crippen LogP contribution in [0.15, 0.2) is 42.5 Å². The van der Waals surface area contributed by atoms with Crippen molar-refractivity contribution in [2.24, 2.45) is 0 Å². The maximum atomic E-state index is 12.2. The third-order valence-electron chi connectivity index (χ3n) is 2.81. The van der Waals surface area contributed by atoms with Crippen molar-refractivity contribution < 1.29 is 9.59 Å². The predicted octanol–water partition coefficient (Wildman–Crippen LogP) is 3.61. The van der Waals surface area contributed by atoms with Gasteiger partial charge in [0.2, 0.25) is 0 Å². The molecule has 0 saturated heterocycles. The van der Waals surface area contributed by atoms with Crippen LogP contribution in [0.3, 0.4) is 0 Å². The molecule has 2 aromatic rings. The van der Waals surface area contributed by atoms with E-state index < -0.39 is 5.91 Å². The fourth-order valence-electron chi connectivity index (χ4n) is 1.76. The molecule has 0 aliphatic heterocycles. The molecule has 0 saturated carbocycles. The summed E-state index contributed by atoms with van der Waals surface area (Å²) in [5.74, 6) is -0.622. The van der Waals surface area contributed by atoms with Crippen LogP contribution in [0, 0.1) is 0 Å². The zero-order valence-electron chi connectivity index (χ0n) is 11.1. The number of nitrogens with one attached hydrogen (secondary N) is 2. The van der Waals surface area contributed by atoms with Gasteiger partial charge in [-0.25, -0.2) is 0 Å². The van der Waals surface area contributed by atoms with E-state index in [1.54, 1.807) is 49.5 Å². The van der Waals surface area contributed by atoms with Gasteiger partial charge in [-0.3, -0.25) is 9.59 Å². The fourth-order valence-corrected chi connectivity index (χ4v) is 2.15. The predicted molar refractivity (Wildman–Crippen MR) is 84.2 cm³/mol. The Morgan fingerprint density at radius 2 is 1.71 bits per heavy atom. The van der Waals surface area contributed by atoms with Gasteiger partial charge in [0, 0.05) is 18.3 Å². The standard InChI is InChI=1S/C15H12Cl2N2O2/c1-18-14(20)9-4-2-5-10(8-9)19-15(21)11-6-3-7-12(16)13(11)17/h2-8H,1H3,(H,18,20)(H,19,21). The van der Waals surface area contributed by atoms with Crippen molar-refractivity contribution in [3.63, 3.8) is 0 Å². The average molecular weight is 323 g/mol. The number of benzene rings is 2. The van der Waals surface area contributed by atoms with Crippen LogP contribution in [0.25, 0.3) is 0 Å². The lowest BCUT2D eigenvalue weighted by molar-refractivity contribution is 0.0961. The highest BCUT2D eigenvalue weighted by molar-refractivity contribution is 6.44. The Bertz CT molecular complexity index is 702. The molecule has 0 unspecified atom stereocenters. The first-order valence-corrected chi connectivity index (χ1v) is 6.86. The molecule has 108 valence electrons. The van der Waals surface area contributed by atoms with Gasteiger partial charge in [-0.15, -0.1) is 0 Å². The molecule has 0 bridgehead atoms. The van der Waals surface area contributed by atoms with Gasteiger partial charge in [0.15, 0.2) is 0 Å². The molecule has 0 aliphatic rings. The number of carbonyl (C=O) groups excluding carboxylic acids is 2. The van der Waals surface area contributed by atoms with Gasteiger partial charge in [0.05, 0.1) is 15.6 Å². The molecular weight excluding hydrogens is 311 g/mol. The number of amides is 2. The Kier molecular flexibility index (Phi) is 4.83. The molecule has 0 atom stereocenters. The lowest BCUT2D eigenvalue weighted by atomic mass is 10.1. The summed E-state index contributed by atoms with van der Waals surface area (Å²) in [6.07, 6.45) is 0. The van der Waals surface area contributed by atoms with E-state index in [1.807, 2.05) is 0 Å². The molecule has 6 heteroatoms. The smallest absolute Gasteiger partial charge is 0.257 e. The highest BCUT2D eigenvalue weighted by Gasteiger charge is 2.13. The van der Waals surface area contributed by atoms with Crippen LogP contribution in [0.5, 0.6) is 0 Å².